The van der Waals surface area contributed by atoms with E-state index in [2.05, 4.69) is 0 Å². The molecular weight excluding hydrogens is 376 g/mol. The molecule has 0 bridgehead atoms. The summed E-state index contributed by atoms with van der Waals surface area (Å²) in [5.41, 5.74) is 1.57. The van der Waals surface area contributed by atoms with Gasteiger partial charge in [0, 0.05) is 5.56 Å². The number of aldehydes is 1. The maximum Gasteiger partial charge on any atom is 0.204 e. The predicted molar refractivity (Wildman–Crippen MR) is 108 cm³/mol. The number of hydrogen-bond donors (Lipinski definition) is 0. The van der Waals surface area contributed by atoms with Crippen molar-refractivity contribution < 1.29 is 33.2 Å². The summed E-state index contributed by atoms with van der Waals surface area (Å²) in [7, 11) is 6.24. The summed E-state index contributed by atoms with van der Waals surface area (Å²) in [6, 6.07) is 7.26. The molecule has 0 spiro atoms. The van der Waals surface area contributed by atoms with Crippen molar-refractivity contribution in [2.24, 2.45) is 0 Å². The fourth-order valence-electron chi connectivity index (χ4n) is 3.28. The lowest BCUT2D eigenvalue weighted by Crippen LogP contribution is -2.31. The molecule has 2 aromatic carbocycles. The van der Waals surface area contributed by atoms with Gasteiger partial charge in [-0.2, -0.15) is 0 Å². The first kappa shape index (κ1) is 20.4. The van der Waals surface area contributed by atoms with Gasteiger partial charge in [0.2, 0.25) is 11.5 Å². The van der Waals surface area contributed by atoms with Crippen molar-refractivity contribution in [1.29, 1.82) is 0 Å². The van der Waals surface area contributed by atoms with Crippen LogP contribution >= 0.6 is 0 Å². The third-order valence-electron chi connectivity index (χ3n) is 4.63. The van der Waals surface area contributed by atoms with Crippen LogP contribution in [0.5, 0.6) is 34.5 Å². The van der Waals surface area contributed by atoms with E-state index in [0.717, 1.165) is 11.1 Å². The first-order valence-electron chi connectivity index (χ1n) is 9.03. The van der Waals surface area contributed by atoms with Crippen LogP contribution in [-0.2, 0) is 4.79 Å². The number of fused-ring (bicyclic) bond motifs is 1. The minimum Gasteiger partial charge on any atom is -0.493 e. The molecule has 1 aliphatic rings. The maximum atomic E-state index is 10.7. The van der Waals surface area contributed by atoms with Gasteiger partial charge < -0.3 is 28.4 Å². The highest BCUT2D eigenvalue weighted by Crippen LogP contribution is 2.48. The molecule has 0 N–H and O–H groups in total. The van der Waals surface area contributed by atoms with E-state index in [1.54, 1.807) is 46.6 Å². The number of methoxy groups -OCH3 is 4. The number of rotatable bonds is 7. The molecule has 0 fully saturated rings. The standard InChI is InChI=1S/C22H24O7/c1-13-20(15-11-17(25-3)21(27-5)18(12-15)26-4)29-19-10-14(7-6-8-23)9-16(24-2)22(19)28-13/h6-13,20H,1-5H3/t13-,20+/m1/s1. The Hall–Kier alpha value is -3.35. The quantitative estimate of drug-likeness (QED) is 0.517. The van der Waals surface area contributed by atoms with Gasteiger partial charge in [0.25, 0.3) is 0 Å². The Morgan fingerprint density at radius 3 is 2.07 bits per heavy atom. The van der Waals surface area contributed by atoms with Crippen LogP contribution in [0.15, 0.2) is 30.3 Å². The Bertz CT molecular complexity index is 895. The minimum atomic E-state index is -0.425. The van der Waals surface area contributed by atoms with Crippen molar-refractivity contribution >= 4 is 12.4 Å². The molecule has 29 heavy (non-hydrogen) atoms. The van der Waals surface area contributed by atoms with Crippen molar-refractivity contribution in [3.8, 4) is 34.5 Å². The van der Waals surface area contributed by atoms with E-state index < -0.39 is 6.10 Å². The first-order valence-corrected chi connectivity index (χ1v) is 9.03. The molecule has 0 saturated carbocycles. The monoisotopic (exact) mass is 400 g/mol. The van der Waals surface area contributed by atoms with Crippen LogP contribution in [0.3, 0.4) is 0 Å². The normalized spacial score (nSPS) is 17.7. The molecule has 3 rings (SSSR count). The van der Waals surface area contributed by atoms with E-state index >= 15 is 0 Å². The summed E-state index contributed by atoms with van der Waals surface area (Å²) in [5.74, 6) is 3.14. The molecule has 2 aromatic rings. The zero-order valence-electron chi connectivity index (χ0n) is 17.1. The van der Waals surface area contributed by atoms with Crippen LogP contribution < -0.4 is 28.4 Å². The summed E-state index contributed by atoms with van der Waals surface area (Å²) in [6.45, 7) is 1.91. The molecule has 0 saturated heterocycles. The molecule has 0 radical (unpaired) electrons. The van der Waals surface area contributed by atoms with Gasteiger partial charge in [-0.25, -0.2) is 0 Å². The van der Waals surface area contributed by atoms with Crippen LogP contribution in [0, 0.1) is 0 Å². The second-order valence-electron chi connectivity index (χ2n) is 6.37. The zero-order valence-corrected chi connectivity index (χ0v) is 17.1. The molecule has 1 heterocycles. The Kier molecular flexibility index (Phi) is 6.16. The van der Waals surface area contributed by atoms with Crippen molar-refractivity contribution in [2.75, 3.05) is 28.4 Å². The number of allylic oxidation sites excluding steroid dienone is 1. The predicted octanol–water partition coefficient (Wildman–Crippen LogP) is 3.83. The molecule has 0 amide bonds. The summed E-state index contributed by atoms with van der Waals surface area (Å²) in [5, 5.41) is 0. The van der Waals surface area contributed by atoms with E-state index in [0.29, 0.717) is 40.8 Å². The number of carbonyl (C=O) groups is 1. The largest absolute Gasteiger partial charge is 0.493 e. The fourth-order valence-corrected chi connectivity index (χ4v) is 3.28. The topological polar surface area (TPSA) is 72.5 Å². The van der Waals surface area contributed by atoms with Crippen molar-refractivity contribution in [3.05, 3.63) is 41.5 Å². The average molecular weight is 400 g/mol. The lowest BCUT2D eigenvalue weighted by molar-refractivity contribution is -0.104. The molecule has 7 nitrogen and oxygen atoms in total. The number of benzene rings is 2. The summed E-state index contributed by atoms with van der Waals surface area (Å²) < 4.78 is 34.2. The molecule has 0 aromatic heterocycles. The minimum absolute atomic E-state index is 0.310. The number of ether oxygens (including phenoxy) is 6. The Morgan fingerprint density at radius 1 is 0.862 bits per heavy atom. The van der Waals surface area contributed by atoms with Crippen molar-refractivity contribution in [1.82, 2.24) is 0 Å². The van der Waals surface area contributed by atoms with Crippen molar-refractivity contribution in [3.63, 3.8) is 0 Å². The van der Waals surface area contributed by atoms with Gasteiger partial charge in [0.15, 0.2) is 29.1 Å². The lowest BCUT2D eigenvalue weighted by Gasteiger charge is -2.33. The fraction of sp³-hybridized carbons (Fsp3) is 0.318. The van der Waals surface area contributed by atoms with Gasteiger partial charge in [-0.3, -0.25) is 4.79 Å². The Morgan fingerprint density at radius 2 is 1.52 bits per heavy atom. The van der Waals surface area contributed by atoms with Crippen LogP contribution in [-0.4, -0.2) is 40.8 Å². The van der Waals surface area contributed by atoms with Crippen LogP contribution in [0.4, 0.5) is 0 Å². The Balaban J connectivity index is 2.05. The van der Waals surface area contributed by atoms with E-state index in [4.69, 9.17) is 28.4 Å². The zero-order chi connectivity index (χ0) is 21.0. The second kappa shape index (κ2) is 8.77. The third-order valence-corrected chi connectivity index (χ3v) is 4.63. The maximum absolute atomic E-state index is 10.7. The van der Waals surface area contributed by atoms with E-state index in [1.807, 2.05) is 19.1 Å². The van der Waals surface area contributed by atoms with Gasteiger partial charge in [-0.15, -0.1) is 0 Å². The van der Waals surface area contributed by atoms with Crippen molar-refractivity contribution in [2.45, 2.75) is 19.1 Å². The van der Waals surface area contributed by atoms with E-state index in [1.165, 1.54) is 6.08 Å². The van der Waals surface area contributed by atoms with Crippen LogP contribution in [0.2, 0.25) is 0 Å². The SMILES string of the molecule is COc1cc([C@H]2Oc3cc(C=CC=O)cc(OC)c3O[C@@H]2C)cc(OC)c1OC. The molecule has 2 atom stereocenters. The smallest absolute Gasteiger partial charge is 0.204 e. The highest BCUT2D eigenvalue weighted by molar-refractivity contribution is 5.75. The molecule has 7 heteroatoms. The first-order chi connectivity index (χ1) is 14.1. The molecular formula is C22H24O7. The van der Waals surface area contributed by atoms with Gasteiger partial charge in [0.1, 0.15) is 12.4 Å². The van der Waals surface area contributed by atoms with Crippen LogP contribution in [0.25, 0.3) is 6.08 Å². The summed E-state index contributed by atoms with van der Waals surface area (Å²) in [6.07, 6.45) is 3.06. The summed E-state index contributed by atoms with van der Waals surface area (Å²) in [4.78, 5) is 10.7. The molecule has 0 unspecified atom stereocenters. The van der Waals surface area contributed by atoms with Gasteiger partial charge in [0.05, 0.1) is 28.4 Å². The highest BCUT2D eigenvalue weighted by Gasteiger charge is 2.33. The molecule has 0 aliphatic carbocycles. The van der Waals surface area contributed by atoms with E-state index in [9.17, 15) is 4.79 Å². The van der Waals surface area contributed by atoms with Crippen LogP contribution in [0.1, 0.15) is 24.2 Å². The van der Waals surface area contributed by atoms with Gasteiger partial charge >= 0.3 is 0 Å². The van der Waals surface area contributed by atoms with Gasteiger partial charge in [-0.1, -0.05) is 6.08 Å². The summed E-state index contributed by atoms with van der Waals surface area (Å²) >= 11 is 0. The lowest BCUT2D eigenvalue weighted by atomic mass is 10.0. The van der Waals surface area contributed by atoms with E-state index in [-0.39, 0.29) is 6.10 Å². The third kappa shape index (κ3) is 3.94. The average Bonchev–Trinajstić information content (AvgIpc) is 2.75. The molecule has 1 aliphatic heterocycles. The second-order valence-corrected chi connectivity index (χ2v) is 6.37. The number of hydrogen-bond acceptors (Lipinski definition) is 7. The molecule has 154 valence electrons. The number of carbonyl (C=O) groups excluding carboxylic acids is 1. The highest BCUT2D eigenvalue weighted by atomic mass is 16.6. The van der Waals surface area contributed by atoms with Gasteiger partial charge in [-0.05, 0) is 42.8 Å². The Labute approximate surface area is 169 Å².